The number of nitrogens with one attached hydrogen (secondary N) is 1. The fourth-order valence-electron chi connectivity index (χ4n) is 3.40. The van der Waals surface area contributed by atoms with Gasteiger partial charge in [0.1, 0.15) is 6.54 Å². The zero-order valence-electron chi connectivity index (χ0n) is 13.8. The Kier molecular flexibility index (Phi) is 5.72. The van der Waals surface area contributed by atoms with Gasteiger partial charge in [0.2, 0.25) is 11.8 Å². The summed E-state index contributed by atoms with van der Waals surface area (Å²) < 4.78 is 1.00. The number of aryl methyl sites for hydroxylation is 1. The van der Waals surface area contributed by atoms with Crippen molar-refractivity contribution in [2.45, 2.75) is 44.9 Å². The maximum Gasteiger partial charge on any atom is 0.240 e. The van der Waals surface area contributed by atoms with Crippen LogP contribution in [0.2, 0.25) is 0 Å². The van der Waals surface area contributed by atoms with Crippen LogP contribution in [0.5, 0.6) is 0 Å². The molecule has 128 valence electrons. The molecular weight excluding hydrogens is 368 g/mol. The fraction of sp³-hybridized carbons (Fsp3) is 0.474. The maximum absolute atomic E-state index is 12.2. The van der Waals surface area contributed by atoms with E-state index in [0.29, 0.717) is 13.0 Å². The van der Waals surface area contributed by atoms with E-state index in [4.69, 9.17) is 0 Å². The lowest BCUT2D eigenvalue weighted by atomic mass is 9.97. The highest BCUT2D eigenvalue weighted by Crippen LogP contribution is 2.30. The zero-order valence-corrected chi connectivity index (χ0v) is 15.4. The van der Waals surface area contributed by atoms with Crippen molar-refractivity contribution in [3.05, 3.63) is 39.9 Å². The summed E-state index contributed by atoms with van der Waals surface area (Å²) in [5.41, 5.74) is 3.43. The van der Waals surface area contributed by atoms with Crippen LogP contribution < -0.4 is 10.2 Å². The van der Waals surface area contributed by atoms with Gasteiger partial charge in [0, 0.05) is 23.1 Å². The van der Waals surface area contributed by atoms with Crippen LogP contribution in [-0.4, -0.2) is 24.9 Å². The van der Waals surface area contributed by atoms with Gasteiger partial charge >= 0.3 is 0 Å². The number of nitrogens with zero attached hydrogens (tertiary/aromatic N) is 1. The van der Waals surface area contributed by atoms with E-state index in [2.05, 4.69) is 27.3 Å². The largest absolute Gasteiger partial charge is 0.354 e. The monoisotopic (exact) mass is 390 g/mol. The molecule has 3 rings (SSSR count). The number of amides is 2. The van der Waals surface area contributed by atoms with E-state index in [9.17, 15) is 9.59 Å². The second-order valence-electron chi connectivity index (χ2n) is 6.46. The molecule has 4 nitrogen and oxygen atoms in total. The molecule has 1 N–H and O–H groups in total. The van der Waals surface area contributed by atoms with Crippen LogP contribution in [-0.2, 0) is 16.0 Å². The van der Waals surface area contributed by atoms with Crippen molar-refractivity contribution in [3.63, 3.8) is 0 Å². The van der Waals surface area contributed by atoms with E-state index in [1.165, 1.54) is 18.4 Å². The van der Waals surface area contributed by atoms with Crippen LogP contribution in [0, 0.1) is 0 Å². The Morgan fingerprint density at radius 3 is 2.88 bits per heavy atom. The minimum Gasteiger partial charge on any atom is -0.354 e. The number of carbonyl (C=O) groups is 2. The Labute approximate surface area is 151 Å². The van der Waals surface area contributed by atoms with Gasteiger partial charge in [0.15, 0.2) is 0 Å². The Bertz CT molecular complexity index is 669. The number of rotatable bonds is 5. The van der Waals surface area contributed by atoms with Gasteiger partial charge < -0.3 is 10.2 Å². The van der Waals surface area contributed by atoms with Crippen molar-refractivity contribution in [2.24, 2.45) is 0 Å². The Morgan fingerprint density at radius 1 is 1.21 bits per heavy atom. The van der Waals surface area contributed by atoms with Crippen LogP contribution in [0.25, 0.3) is 0 Å². The summed E-state index contributed by atoms with van der Waals surface area (Å²) in [5.74, 6) is -0.0644. The summed E-state index contributed by atoms with van der Waals surface area (Å²) in [6.07, 6.45) is 9.28. The van der Waals surface area contributed by atoms with Crippen molar-refractivity contribution in [2.75, 3.05) is 18.0 Å². The summed E-state index contributed by atoms with van der Waals surface area (Å²) in [6, 6.07) is 5.86. The van der Waals surface area contributed by atoms with Crippen molar-refractivity contribution < 1.29 is 9.59 Å². The fourth-order valence-corrected chi connectivity index (χ4v) is 3.80. The molecule has 24 heavy (non-hydrogen) atoms. The molecule has 0 bridgehead atoms. The lowest BCUT2D eigenvalue weighted by molar-refractivity contribution is -0.124. The van der Waals surface area contributed by atoms with Crippen LogP contribution in [0.4, 0.5) is 5.69 Å². The molecule has 0 saturated carbocycles. The molecular formula is C19H23BrN2O2. The van der Waals surface area contributed by atoms with Crippen molar-refractivity contribution in [3.8, 4) is 0 Å². The third-order valence-electron chi connectivity index (χ3n) is 4.70. The number of halogens is 1. The number of hydrogen-bond acceptors (Lipinski definition) is 2. The molecule has 0 atom stereocenters. The summed E-state index contributed by atoms with van der Waals surface area (Å²) >= 11 is 3.46. The number of benzene rings is 1. The van der Waals surface area contributed by atoms with Crippen LogP contribution in [0.1, 0.15) is 44.1 Å². The molecule has 1 aliphatic carbocycles. The van der Waals surface area contributed by atoms with Gasteiger partial charge in [-0.15, -0.1) is 0 Å². The highest BCUT2D eigenvalue weighted by Gasteiger charge is 2.25. The number of hydrogen-bond donors (Lipinski definition) is 1. The van der Waals surface area contributed by atoms with Crippen molar-refractivity contribution in [1.29, 1.82) is 0 Å². The highest BCUT2D eigenvalue weighted by molar-refractivity contribution is 9.10. The summed E-state index contributed by atoms with van der Waals surface area (Å²) in [7, 11) is 0. The van der Waals surface area contributed by atoms with Crippen molar-refractivity contribution in [1.82, 2.24) is 5.32 Å². The summed E-state index contributed by atoms with van der Waals surface area (Å²) in [6.45, 7) is 0.756. The quantitative estimate of drug-likeness (QED) is 0.778. The van der Waals surface area contributed by atoms with Gasteiger partial charge in [-0.25, -0.2) is 0 Å². The predicted octanol–water partition coefficient (Wildman–Crippen LogP) is 3.74. The highest BCUT2D eigenvalue weighted by atomic mass is 79.9. The van der Waals surface area contributed by atoms with E-state index in [0.717, 1.165) is 41.4 Å². The average Bonchev–Trinajstić information content (AvgIpc) is 2.58. The van der Waals surface area contributed by atoms with Gasteiger partial charge in [0.05, 0.1) is 0 Å². The van der Waals surface area contributed by atoms with Crippen LogP contribution in [0.15, 0.2) is 34.3 Å². The van der Waals surface area contributed by atoms with Gasteiger partial charge in [-0.3, -0.25) is 9.59 Å². The van der Waals surface area contributed by atoms with Crippen molar-refractivity contribution >= 4 is 33.4 Å². The lowest BCUT2D eigenvalue weighted by Gasteiger charge is -2.29. The van der Waals surface area contributed by atoms with Gasteiger partial charge in [-0.2, -0.15) is 0 Å². The van der Waals surface area contributed by atoms with E-state index in [-0.39, 0.29) is 18.4 Å². The number of allylic oxidation sites excluding steroid dienone is 1. The van der Waals surface area contributed by atoms with Gasteiger partial charge in [0.25, 0.3) is 0 Å². The minimum absolute atomic E-state index is 0.0231. The molecule has 1 heterocycles. The molecule has 0 unspecified atom stereocenters. The SMILES string of the molecule is O=C(CN1C(=O)CCc2cc(Br)ccc21)NCCC1=CCCCC1. The predicted molar refractivity (Wildman–Crippen MR) is 99.0 cm³/mol. The van der Waals surface area contributed by atoms with E-state index >= 15 is 0 Å². The normalized spacial score (nSPS) is 17.3. The second kappa shape index (κ2) is 7.97. The lowest BCUT2D eigenvalue weighted by Crippen LogP contribution is -2.43. The molecule has 2 aliphatic rings. The third-order valence-corrected chi connectivity index (χ3v) is 5.19. The first-order valence-corrected chi connectivity index (χ1v) is 9.46. The maximum atomic E-state index is 12.2. The molecule has 2 amide bonds. The smallest absolute Gasteiger partial charge is 0.240 e. The first-order valence-electron chi connectivity index (χ1n) is 8.67. The molecule has 0 saturated heterocycles. The summed E-state index contributed by atoms with van der Waals surface area (Å²) in [4.78, 5) is 26.1. The Morgan fingerprint density at radius 2 is 2.08 bits per heavy atom. The molecule has 0 radical (unpaired) electrons. The molecule has 1 aromatic carbocycles. The first-order chi connectivity index (χ1) is 11.6. The van der Waals surface area contributed by atoms with E-state index < -0.39 is 0 Å². The Hall–Kier alpha value is -1.62. The first kappa shape index (κ1) is 17.2. The average molecular weight is 391 g/mol. The van der Waals surface area contributed by atoms with Crippen LogP contribution in [0.3, 0.4) is 0 Å². The third kappa shape index (κ3) is 4.26. The molecule has 0 spiro atoms. The molecule has 0 fully saturated rings. The zero-order chi connectivity index (χ0) is 16.9. The van der Waals surface area contributed by atoms with Gasteiger partial charge in [-0.1, -0.05) is 27.6 Å². The molecule has 1 aliphatic heterocycles. The minimum atomic E-state index is -0.0875. The number of fused-ring (bicyclic) bond motifs is 1. The Balaban J connectivity index is 1.56. The second-order valence-corrected chi connectivity index (χ2v) is 7.38. The van der Waals surface area contributed by atoms with Crippen LogP contribution >= 0.6 is 15.9 Å². The molecule has 0 aromatic heterocycles. The summed E-state index contributed by atoms with van der Waals surface area (Å²) in [5, 5.41) is 2.96. The van der Waals surface area contributed by atoms with Gasteiger partial charge in [-0.05, 0) is 62.3 Å². The van der Waals surface area contributed by atoms with E-state index in [1.54, 1.807) is 4.90 Å². The topological polar surface area (TPSA) is 49.4 Å². The standard InChI is InChI=1S/C19H23BrN2O2/c20-16-7-8-17-15(12-16)6-9-19(24)22(17)13-18(23)21-11-10-14-4-2-1-3-5-14/h4,7-8,12H,1-3,5-6,9-11,13H2,(H,21,23). The molecule has 1 aromatic rings. The van der Waals surface area contributed by atoms with E-state index in [1.807, 2.05) is 18.2 Å². The number of anilines is 1. The molecule has 5 heteroatoms. The number of carbonyl (C=O) groups excluding carboxylic acids is 2.